The lowest BCUT2D eigenvalue weighted by molar-refractivity contribution is 0.336. The first-order valence-corrected chi connectivity index (χ1v) is 6.67. The molecule has 1 saturated heterocycles. The van der Waals surface area contributed by atoms with Crippen LogP contribution in [0.15, 0.2) is 15.6 Å². The molecule has 1 aliphatic rings. The maximum absolute atomic E-state index is 5.98. The summed E-state index contributed by atoms with van der Waals surface area (Å²) in [6.07, 6.45) is 3.70. The second kappa shape index (κ2) is 5.89. The predicted molar refractivity (Wildman–Crippen MR) is 71.3 cm³/mol. The van der Waals surface area contributed by atoms with E-state index in [1.54, 1.807) is 0 Å². The molecule has 0 aliphatic carbocycles. The zero-order valence-electron chi connectivity index (χ0n) is 11.2. The summed E-state index contributed by atoms with van der Waals surface area (Å²) >= 11 is 0. The summed E-state index contributed by atoms with van der Waals surface area (Å²) in [4.78, 5) is 6.52. The fourth-order valence-electron chi connectivity index (χ4n) is 2.06. The number of hydrogen-bond donors (Lipinski definition) is 1. The Bertz CT molecular complexity index is 405. The van der Waals surface area contributed by atoms with E-state index in [1.807, 2.05) is 6.07 Å². The smallest absolute Gasteiger partial charge is 0.191 e. The third kappa shape index (κ3) is 3.24. The second-order valence-electron chi connectivity index (χ2n) is 5.09. The minimum absolute atomic E-state index is 0.380. The molecule has 0 amide bonds. The SMILES string of the molecule is CC(C)c1cc(CN=C(N)N2CCCCC2)on1. The van der Waals surface area contributed by atoms with E-state index in [2.05, 4.69) is 28.9 Å². The van der Waals surface area contributed by atoms with E-state index in [9.17, 15) is 0 Å². The lowest BCUT2D eigenvalue weighted by atomic mass is 10.1. The molecule has 1 aromatic rings. The van der Waals surface area contributed by atoms with Gasteiger partial charge in [0.05, 0.1) is 5.69 Å². The molecule has 0 saturated carbocycles. The molecule has 0 aromatic carbocycles. The van der Waals surface area contributed by atoms with Crippen molar-refractivity contribution in [3.8, 4) is 0 Å². The van der Waals surface area contributed by atoms with Crippen molar-refractivity contribution in [3.63, 3.8) is 0 Å². The summed E-state index contributed by atoms with van der Waals surface area (Å²) in [6, 6.07) is 1.96. The number of rotatable bonds is 3. The zero-order chi connectivity index (χ0) is 13.0. The predicted octanol–water partition coefficient (Wildman–Crippen LogP) is 2.10. The van der Waals surface area contributed by atoms with Gasteiger partial charge in [0.25, 0.3) is 0 Å². The monoisotopic (exact) mass is 250 g/mol. The Hall–Kier alpha value is -1.52. The van der Waals surface area contributed by atoms with Crippen LogP contribution < -0.4 is 5.73 Å². The number of aromatic nitrogens is 1. The first kappa shape index (κ1) is 12.9. The highest BCUT2D eigenvalue weighted by molar-refractivity contribution is 5.78. The van der Waals surface area contributed by atoms with Gasteiger partial charge in [-0.15, -0.1) is 0 Å². The molecule has 0 radical (unpaired) electrons. The van der Waals surface area contributed by atoms with E-state index in [0.29, 0.717) is 18.4 Å². The Morgan fingerprint density at radius 2 is 2.17 bits per heavy atom. The minimum Gasteiger partial charge on any atom is -0.370 e. The molecule has 0 atom stereocenters. The molecular formula is C13H22N4O. The van der Waals surface area contributed by atoms with Crippen molar-refractivity contribution >= 4 is 5.96 Å². The van der Waals surface area contributed by atoms with Gasteiger partial charge in [-0.3, -0.25) is 0 Å². The number of aliphatic imine (C=N–C) groups is 1. The average molecular weight is 250 g/mol. The van der Waals surface area contributed by atoms with Crippen molar-refractivity contribution in [2.45, 2.75) is 45.6 Å². The third-order valence-corrected chi connectivity index (χ3v) is 3.25. The minimum atomic E-state index is 0.380. The van der Waals surface area contributed by atoms with Crippen LogP contribution in [0.25, 0.3) is 0 Å². The van der Waals surface area contributed by atoms with Gasteiger partial charge in [0.15, 0.2) is 11.7 Å². The number of piperidine rings is 1. The topological polar surface area (TPSA) is 67.7 Å². The number of hydrogen-bond acceptors (Lipinski definition) is 3. The fourth-order valence-corrected chi connectivity index (χ4v) is 2.06. The molecule has 5 nitrogen and oxygen atoms in total. The first-order chi connectivity index (χ1) is 8.66. The first-order valence-electron chi connectivity index (χ1n) is 6.67. The molecule has 1 aromatic heterocycles. The van der Waals surface area contributed by atoms with Crippen LogP contribution in [0.4, 0.5) is 0 Å². The lowest BCUT2D eigenvalue weighted by Gasteiger charge is -2.27. The van der Waals surface area contributed by atoms with Crippen molar-refractivity contribution in [2.75, 3.05) is 13.1 Å². The van der Waals surface area contributed by atoms with Crippen LogP contribution in [0.1, 0.15) is 50.5 Å². The molecule has 2 rings (SSSR count). The van der Waals surface area contributed by atoms with Gasteiger partial charge >= 0.3 is 0 Å². The van der Waals surface area contributed by atoms with E-state index in [-0.39, 0.29) is 0 Å². The largest absolute Gasteiger partial charge is 0.370 e. The van der Waals surface area contributed by atoms with Crippen LogP contribution in [0, 0.1) is 0 Å². The summed E-state index contributed by atoms with van der Waals surface area (Å²) in [6.45, 7) is 6.69. The average Bonchev–Trinajstić information content (AvgIpc) is 2.86. The van der Waals surface area contributed by atoms with Gasteiger partial charge in [-0.2, -0.15) is 0 Å². The van der Waals surface area contributed by atoms with Crippen LogP contribution in [0.2, 0.25) is 0 Å². The molecule has 2 heterocycles. The van der Waals surface area contributed by atoms with Crippen LogP contribution >= 0.6 is 0 Å². The molecular weight excluding hydrogens is 228 g/mol. The molecule has 18 heavy (non-hydrogen) atoms. The summed E-state index contributed by atoms with van der Waals surface area (Å²) < 4.78 is 5.23. The highest BCUT2D eigenvalue weighted by Gasteiger charge is 2.12. The van der Waals surface area contributed by atoms with Gasteiger partial charge in [-0.25, -0.2) is 4.99 Å². The van der Waals surface area contributed by atoms with Crippen molar-refractivity contribution in [1.82, 2.24) is 10.1 Å². The summed E-state index contributed by atoms with van der Waals surface area (Å²) in [5.41, 5.74) is 6.95. The van der Waals surface area contributed by atoms with Crippen molar-refractivity contribution in [2.24, 2.45) is 10.7 Å². The molecule has 2 N–H and O–H groups in total. The van der Waals surface area contributed by atoms with Gasteiger partial charge < -0.3 is 15.2 Å². The molecule has 0 spiro atoms. The van der Waals surface area contributed by atoms with Crippen molar-refractivity contribution in [3.05, 3.63) is 17.5 Å². The van der Waals surface area contributed by atoms with Crippen LogP contribution in [0.3, 0.4) is 0 Å². The Balaban J connectivity index is 1.91. The number of likely N-dealkylation sites (tertiary alicyclic amines) is 1. The summed E-state index contributed by atoms with van der Waals surface area (Å²) in [5.74, 6) is 1.78. The fraction of sp³-hybridized carbons (Fsp3) is 0.692. The maximum Gasteiger partial charge on any atom is 0.191 e. The Kier molecular flexibility index (Phi) is 4.23. The van der Waals surface area contributed by atoms with Crippen LogP contribution in [0.5, 0.6) is 0 Å². The van der Waals surface area contributed by atoms with E-state index < -0.39 is 0 Å². The van der Waals surface area contributed by atoms with Crippen LogP contribution in [-0.4, -0.2) is 29.1 Å². The molecule has 0 unspecified atom stereocenters. The lowest BCUT2D eigenvalue weighted by Crippen LogP contribution is -2.40. The van der Waals surface area contributed by atoms with Crippen molar-refractivity contribution < 1.29 is 4.52 Å². The highest BCUT2D eigenvalue weighted by Crippen LogP contribution is 2.15. The van der Waals surface area contributed by atoms with Gasteiger partial charge in [0.2, 0.25) is 0 Å². The van der Waals surface area contributed by atoms with Gasteiger partial charge in [0, 0.05) is 19.2 Å². The van der Waals surface area contributed by atoms with Crippen LogP contribution in [-0.2, 0) is 6.54 Å². The third-order valence-electron chi connectivity index (χ3n) is 3.25. The molecule has 5 heteroatoms. The zero-order valence-corrected chi connectivity index (χ0v) is 11.2. The molecule has 0 bridgehead atoms. The summed E-state index contributed by atoms with van der Waals surface area (Å²) in [5, 5.41) is 4.01. The van der Waals surface area contributed by atoms with E-state index in [0.717, 1.165) is 24.5 Å². The number of nitrogens with two attached hydrogens (primary N) is 1. The Morgan fingerprint density at radius 3 is 2.78 bits per heavy atom. The number of guanidine groups is 1. The van der Waals surface area contributed by atoms with E-state index >= 15 is 0 Å². The van der Waals surface area contributed by atoms with Gasteiger partial charge in [0.1, 0.15) is 6.54 Å². The van der Waals surface area contributed by atoms with E-state index in [4.69, 9.17) is 10.3 Å². The van der Waals surface area contributed by atoms with E-state index in [1.165, 1.54) is 19.3 Å². The Morgan fingerprint density at radius 1 is 1.44 bits per heavy atom. The normalized spacial score (nSPS) is 17.5. The highest BCUT2D eigenvalue weighted by atomic mass is 16.5. The van der Waals surface area contributed by atoms with Gasteiger partial charge in [-0.1, -0.05) is 19.0 Å². The quantitative estimate of drug-likeness (QED) is 0.659. The second-order valence-corrected chi connectivity index (χ2v) is 5.09. The standard InChI is InChI=1S/C13H22N4O/c1-10(2)12-8-11(18-16-12)9-15-13(14)17-6-4-3-5-7-17/h8,10H,3-7,9H2,1-2H3,(H2,14,15). The number of nitrogens with zero attached hydrogens (tertiary/aromatic N) is 3. The maximum atomic E-state index is 5.98. The summed E-state index contributed by atoms with van der Waals surface area (Å²) in [7, 11) is 0. The Labute approximate surface area is 108 Å². The van der Waals surface area contributed by atoms with Gasteiger partial charge in [-0.05, 0) is 25.2 Å². The van der Waals surface area contributed by atoms with Crippen molar-refractivity contribution in [1.29, 1.82) is 0 Å². The molecule has 100 valence electrons. The molecule has 1 aliphatic heterocycles. The molecule has 1 fully saturated rings.